The number of anilines is 1. The molecule has 8 heteroatoms. The first-order chi connectivity index (χ1) is 12.4. The summed E-state index contributed by atoms with van der Waals surface area (Å²) in [5.74, 6) is -0.146. The first-order valence-corrected chi connectivity index (χ1v) is 11.6. The molecule has 26 heavy (non-hydrogen) atoms. The molecular weight excluding hydrogens is 372 g/mol. The molecule has 6 nitrogen and oxygen atoms in total. The van der Waals surface area contributed by atoms with Gasteiger partial charge in [-0.3, -0.25) is 9.59 Å². The molecule has 0 spiro atoms. The van der Waals surface area contributed by atoms with E-state index in [2.05, 4.69) is 5.32 Å². The van der Waals surface area contributed by atoms with Gasteiger partial charge in [-0.25, -0.2) is 8.42 Å². The molecule has 0 saturated heterocycles. The van der Waals surface area contributed by atoms with Crippen molar-refractivity contribution >= 4 is 39.1 Å². The minimum absolute atomic E-state index is 0.0203. The number of fused-ring (bicyclic) bond motifs is 1. The van der Waals surface area contributed by atoms with Crippen molar-refractivity contribution in [3.63, 3.8) is 0 Å². The van der Waals surface area contributed by atoms with Gasteiger partial charge in [0.05, 0.1) is 22.1 Å². The smallest absolute Gasteiger partial charge is 0.234 e. The summed E-state index contributed by atoms with van der Waals surface area (Å²) < 4.78 is 25.2. The average molecular weight is 397 g/mol. The highest BCUT2D eigenvalue weighted by molar-refractivity contribution is 8.00. The summed E-state index contributed by atoms with van der Waals surface area (Å²) in [6, 6.07) is 4.98. The number of carbonyl (C=O) groups excluding carboxylic acids is 2. The number of hydrogen-bond acceptors (Lipinski definition) is 5. The second kappa shape index (κ2) is 8.00. The van der Waals surface area contributed by atoms with Gasteiger partial charge in [0, 0.05) is 24.4 Å². The van der Waals surface area contributed by atoms with E-state index in [1.807, 2.05) is 0 Å². The van der Waals surface area contributed by atoms with Crippen LogP contribution in [0.5, 0.6) is 0 Å². The summed E-state index contributed by atoms with van der Waals surface area (Å²) in [7, 11) is -1.80. The zero-order valence-electron chi connectivity index (χ0n) is 14.9. The minimum Gasteiger partial charge on any atom is -0.343 e. The highest BCUT2D eigenvalue weighted by atomic mass is 32.2. The number of thioether (sulfide) groups is 1. The molecule has 0 bridgehead atoms. The number of benzene rings is 1. The fourth-order valence-electron chi connectivity index (χ4n) is 3.44. The molecule has 142 valence electrons. The SMILES string of the molecule is CN(C(=O)CCS(=O)(=O)c1ccc2c(c1)NC(=O)CS2)C1CCCCC1. The van der Waals surface area contributed by atoms with Gasteiger partial charge < -0.3 is 10.2 Å². The Bertz CT molecular complexity index is 801. The monoisotopic (exact) mass is 396 g/mol. The number of nitrogens with zero attached hydrogens (tertiary/aromatic N) is 1. The summed E-state index contributed by atoms with van der Waals surface area (Å²) >= 11 is 1.39. The van der Waals surface area contributed by atoms with Gasteiger partial charge in [0.25, 0.3) is 0 Å². The first kappa shape index (κ1) is 19.2. The number of hydrogen-bond donors (Lipinski definition) is 1. The van der Waals surface area contributed by atoms with Crippen molar-refractivity contribution in [2.24, 2.45) is 0 Å². The normalized spacial score (nSPS) is 18.1. The van der Waals surface area contributed by atoms with E-state index < -0.39 is 9.84 Å². The molecule has 2 amide bonds. The number of rotatable bonds is 5. The summed E-state index contributed by atoms with van der Waals surface area (Å²) in [6.45, 7) is 0. The van der Waals surface area contributed by atoms with Gasteiger partial charge in [0.1, 0.15) is 0 Å². The van der Waals surface area contributed by atoms with Gasteiger partial charge in [0.15, 0.2) is 9.84 Å². The third-order valence-electron chi connectivity index (χ3n) is 5.04. The van der Waals surface area contributed by atoms with Crippen molar-refractivity contribution in [2.75, 3.05) is 23.9 Å². The van der Waals surface area contributed by atoms with Gasteiger partial charge in [-0.15, -0.1) is 11.8 Å². The van der Waals surface area contributed by atoms with Crippen molar-refractivity contribution in [3.8, 4) is 0 Å². The van der Waals surface area contributed by atoms with Gasteiger partial charge in [-0.2, -0.15) is 0 Å². The predicted molar refractivity (Wildman–Crippen MR) is 102 cm³/mol. The first-order valence-electron chi connectivity index (χ1n) is 8.92. The van der Waals surface area contributed by atoms with Crippen LogP contribution in [0.25, 0.3) is 0 Å². The van der Waals surface area contributed by atoms with Crippen molar-refractivity contribution < 1.29 is 18.0 Å². The number of carbonyl (C=O) groups is 2. The Morgan fingerprint density at radius 3 is 2.73 bits per heavy atom. The lowest BCUT2D eigenvalue weighted by atomic mass is 9.94. The van der Waals surface area contributed by atoms with E-state index >= 15 is 0 Å². The highest BCUT2D eigenvalue weighted by Gasteiger charge is 2.25. The van der Waals surface area contributed by atoms with Gasteiger partial charge >= 0.3 is 0 Å². The Balaban J connectivity index is 1.64. The second-order valence-electron chi connectivity index (χ2n) is 6.86. The lowest BCUT2D eigenvalue weighted by molar-refractivity contribution is -0.132. The molecule has 1 aromatic rings. The van der Waals surface area contributed by atoms with E-state index in [9.17, 15) is 18.0 Å². The molecule has 1 aromatic carbocycles. The van der Waals surface area contributed by atoms with E-state index in [0.29, 0.717) is 11.4 Å². The minimum atomic E-state index is -3.58. The fraction of sp³-hybridized carbons (Fsp3) is 0.556. The maximum atomic E-state index is 12.6. The molecule has 1 aliphatic heterocycles. The molecule has 0 aromatic heterocycles. The van der Waals surface area contributed by atoms with Crippen LogP contribution in [0.4, 0.5) is 5.69 Å². The van der Waals surface area contributed by atoms with E-state index in [0.717, 1.165) is 30.6 Å². The molecule has 1 heterocycles. The van der Waals surface area contributed by atoms with E-state index in [1.165, 1.54) is 24.2 Å². The Morgan fingerprint density at radius 2 is 2.00 bits per heavy atom. The van der Waals surface area contributed by atoms with Crippen LogP contribution >= 0.6 is 11.8 Å². The van der Waals surface area contributed by atoms with E-state index in [4.69, 9.17) is 0 Å². The van der Waals surface area contributed by atoms with Crippen LogP contribution in [0.2, 0.25) is 0 Å². The predicted octanol–water partition coefficient (Wildman–Crippen LogP) is 2.69. The molecule has 0 radical (unpaired) electrons. The van der Waals surface area contributed by atoms with E-state index in [1.54, 1.807) is 24.1 Å². The zero-order chi connectivity index (χ0) is 18.7. The van der Waals surface area contributed by atoms with Gasteiger partial charge in [-0.05, 0) is 31.0 Å². The maximum Gasteiger partial charge on any atom is 0.234 e. The maximum absolute atomic E-state index is 12.6. The van der Waals surface area contributed by atoms with Crippen LogP contribution in [-0.2, 0) is 19.4 Å². The van der Waals surface area contributed by atoms with Gasteiger partial charge in [-0.1, -0.05) is 19.3 Å². The average Bonchev–Trinajstić information content (AvgIpc) is 2.65. The molecule has 3 rings (SSSR count). The Hall–Kier alpha value is -1.54. The van der Waals surface area contributed by atoms with Crippen LogP contribution in [0.3, 0.4) is 0 Å². The van der Waals surface area contributed by atoms with Crippen molar-refractivity contribution in [1.82, 2.24) is 4.90 Å². The molecule has 1 fully saturated rings. The second-order valence-corrected chi connectivity index (χ2v) is 9.99. The van der Waals surface area contributed by atoms with Crippen LogP contribution in [-0.4, -0.2) is 49.7 Å². The van der Waals surface area contributed by atoms with Crippen molar-refractivity contribution in [2.45, 2.75) is 54.4 Å². The molecule has 2 aliphatic rings. The molecule has 1 N–H and O–H groups in total. The number of nitrogens with one attached hydrogen (secondary N) is 1. The molecule has 1 aliphatic carbocycles. The molecule has 0 atom stereocenters. The van der Waals surface area contributed by atoms with Crippen LogP contribution < -0.4 is 5.32 Å². The van der Waals surface area contributed by atoms with Crippen LogP contribution in [0.1, 0.15) is 38.5 Å². The van der Waals surface area contributed by atoms with E-state index in [-0.39, 0.29) is 34.9 Å². The summed E-state index contributed by atoms with van der Waals surface area (Å²) in [4.78, 5) is 26.6. The van der Waals surface area contributed by atoms with Crippen LogP contribution in [0, 0.1) is 0 Å². The quantitative estimate of drug-likeness (QED) is 0.827. The number of sulfone groups is 1. The lowest BCUT2D eigenvalue weighted by Gasteiger charge is -2.31. The van der Waals surface area contributed by atoms with Crippen molar-refractivity contribution in [3.05, 3.63) is 18.2 Å². The molecular formula is C18H24N2O4S2. The largest absolute Gasteiger partial charge is 0.343 e. The standard InChI is InChI=1S/C18H24N2O4S2/c1-20(13-5-3-2-4-6-13)18(22)9-10-26(23,24)14-7-8-16-15(11-14)19-17(21)12-25-16/h7-8,11,13H,2-6,9-10,12H2,1H3,(H,19,21). The van der Waals surface area contributed by atoms with Gasteiger partial charge in [0.2, 0.25) is 11.8 Å². The lowest BCUT2D eigenvalue weighted by Crippen LogP contribution is -2.38. The van der Waals surface area contributed by atoms with Crippen LogP contribution in [0.15, 0.2) is 28.0 Å². The number of amides is 2. The Kier molecular flexibility index (Phi) is 5.92. The summed E-state index contributed by atoms with van der Waals surface area (Å²) in [5, 5.41) is 2.70. The van der Waals surface area contributed by atoms with Crippen molar-refractivity contribution in [1.29, 1.82) is 0 Å². The topological polar surface area (TPSA) is 83.6 Å². The third kappa shape index (κ3) is 4.40. The summed E-state index contributed by atoms with van der Waals surface area (Å²) in [6.07, 6.45) is 5.43. The third-order valence-corrected chi connectivity index (χ3v) is 7.83. The zero-order valence-corrected chi connectivity index (χ0v) is 16.5. The highest BCUT2D eigenvalue weighted by Crippen LogP contribution is 2.33. The Morgan fingerprint density at radius 1 is 1.27 bits per heavy atom. The molecule has 1 saturated carbocycles. The molecule has 0 unspecified atom stereocenters. The Labute approximate surface area is 158 Å². The summed E-state index contributed by atoms with van der Waals surface area (Å²) in [5.41, 5.74) is 0.526. The fourth-order valence-corrected chi connectivity index (χ4v) is 5.48.